The van der Waals surface area contributed by atoms with Gasteiger partial charge in [-0.2, -0.15) is 5.10 Å². The fourth-order valence-electron chi connectivity index (χ4n) is 3.79. The largest absolute Gasteiger partial charge is 0.338 e. The third-order valence-electron chi connectivity index (χ3n) is 5.07. The van der Waals surface area contributed by atoms with Gasteiger partial charge in [0, 0.05) is 30.4 Å². The highest BCUT2D eigenvalue weighted by molar-refractivity contribution is 5.94. The van der Waals surface area contributed by atoms with Crippen molar-refractivity contribution in [1.82, 2.24) is 20.1 Å². The minimum Gasteiger partial charge on any atom is -0.338 e. The number of carbonyl (C=O) groups is 1. The Kier molecular flexibility index (Phi) is 3.32. The van der Waals surface area contributed by atoms with Crippen molar-refractivity contribution in [2.45, 2.75) is 38.5 Å². The highest BCUT2D eigenvalue weighted by atomic mass is 16.2. The Morgan fingerprint density at radius 2 is 2.26 bits per heavy atom. The molecule has 0 spiro atoms. The van der Waals surface area contributed by atoms with E-state index in [9.17, 15) is 9.59 Å². The van der Waals surface area contributed by atoms with Gasteiger partial charge < -0.3 is 9.88 Å². The molecule has 120 valence electrons. The molecule has 1 amide bonds. The SMILES string of the molecule is Cc1cn[nH]c1[C@@H]1CCN(C(=O)c2cc3c([nH]c2=O)CCC3)C1. The van der Waals surface area contributed by atoms with Crippen molar-refractivity contribution in [3.8, 4) is 0 Å². The van der Waals surface area contributed by atoms with Crippen molar-refractivity contribution in [1.29, 1.82) is 0 Å². The Hall–Kier alpha value is -2.37. The summed E-state index contributed by atoms with van der Waals surface area (Å²) < 4.78 is 0. The molecule has 6 nitrogen and oxygen atoms in total. The van der Waals surface area contributed by atoms with E-state index in [-0.39, 0.29) is 22.9 Å². The van der Waals surface area contributed by atoms with Gasteiger partial charge in [0.05, 0.1) is 6.20 Å². The van der Waals surface area contributed by atoms with Crippen molar-refractivity contribution in [3.05, 3.63) is 50.7 Å². The number of aromatic nitrogens is 3. The summed E-state index contributed by atoms with van der Waals surface area (Å²) >= 11 is 0. The summed E-state index contributed by atoms with van der Waals surface area (Å²) in [7, 11) is 0. The fraction of sp³-hybridized carbons (Fsp3) is 0.471. The van der Waals surface area contributed by atoms with E-state index < -0.39 is 0 Å². The summed E-state index contributed by atoms with van der Waals surface area (Å²) in [5, 5.41) is 7.10. The molecular formula is C17H20N4O2. The van der Waals surface area contributed by atoms with E-state index in [2.05, 4.69) is 15.2 Å². The molecule has 0 aromatic carbocycles. The monoisotopic (exact) mass is 312 g/mol. The van der Waals surface area contributed by atoms with Gasteiger partial charge in [0.1, 0.15) is 5.56 Å². The first-order chi connectivity index (χ1) is 11.1. The number of carbonyl (C=O) groups excluding carboxylic acids is 1. The molecule has 0 radical (unpaired) electrons. The third kappa shape index (κ3) is 2.38. The van der Waals surface area contributed by atoms with Crippen molar-refractivity contribution < 1.29 is 4.79 Å². The third-order valence-corrected chi connectivity index (χ3v) is 5.07. The molecule has 2 aromatic heterocycles. The van der Waals surface area contributed by atoms with Crippen LogP contribution >= 0.6 is 0 Å². The van der Waals surface area contributed by atoms with Crippen molar-refractivity contribution >= 4 is 5.91 Å². The van der Waals surface area contributed by atoms with E-state index in [4.69, 9.17) is 0 Å². The molecule has 0 saturated carbocycles. The van der Waals surface area contributed by atoms with Crippen LogP contribution in [0.1, 0.15) is 51.6 Å². The molecule has 3 heterocycles. The van der Waals surface area contributed by atoms with E-state index in [0.717, 1.165) is 48.2 Å². The zero-order valence-electron chi connectivity index (χ0n) is 13.2. The van der Waals surface area contributed by atoms with Crippen LogP contribution in [-0.2, 0) is 12.8 Å². The normalized spacial score (nSPS) is 20.0. The highest BCUT2D eigenvalue weighted by Crippen LogP contribution is 2.28. The summed E-state index contributed by atoms with van der Waals surface area (Å²) in [5.41, 5.74) is 4.37. The number of rotatable bonds is 2. The topological polar surface area (TPSA) is 81.8 Å². The average molecular weight is 312 g/mol. The van der Waals surface area contributed by atoms with Crippen molar-refractivity contribution in [2.75, 3.05) is 13.1 Å². The number of aromatic amines is 2. The lowest BCUT2D eigenvalue weighted by molar-refractivity contribution is 0.0788. The molecule has 2 aliphatic rings. The molecule has 1 saturated heterocycles. The van der Waals surface area contributed by atoms with Crippen LogP contribution in [0.3, 0.4) is 0 Å². The molecule has 4 rings (SSSR count). The zero-order chi connectivity index (χ0) is 16.0. The van der Waals surface area contributed by atoms with Crippen LogP contribution < -0.4 is 5.56 Å². The van der Waals surface area contributed by atoms with Gasteiger partial charge >= 0.3 is 0 Å². The first kappa shape index (κ1) is 14.2. The molecule has 1 aliphatic carbocycles. The standard InChI is InChI=1S/C17H20N4O2/c1-10-8-18-20-15(10)12-5-6-21(9-12)17(23)13-7-11-3-2-4-14(11)19-16(13)22/h7-8,12H,2-6,9H2,1H3,(H,18,20)(H,19,22)/t12-/m1/s1. The summed E-state index contributed by atoms with van der Waals surface area (Å²) in [6.45, 7) is 3.34. The predicted octanol–water partition coefficient (Wildman–Crippen LogP) is 1.52. The maximum absolute atomic E-state index is 12.7. The molecule has 0 bridgehead atoms. The lowest BCUT2D eigenvalue weighted by Crippen LogP contribution is -2.33. The van der Waals surface area contributed by atoms with Gasteiger partial charge in [0.25, 0.3) is 11.5 Å². The highest BCUT2D eigenvalue weighted by Gasteiger charge is 2.31. The smallest absolute Gasteiger partial charge is 0.261 e. The Labute approximate surface area is 133 Å². The van der Waals surface area contributed by atoms with E-state index in [1.54, 1.807) is 11.0 Å². The van der Waals surface area contributed by atoms with Crippen LogP contribution in [0.5, 0.6) is 0 Å². The number of nitrogens with one attached hydrogen (secondary N) is 2. The minimum absolute atomic E-state index is 0.152. The molecule has 6 heteroatoms. The average Bonchev–Trinajstić information content (AvgIpc) is 3.24. The molecule has 1 aliphatic heterocycles. The van der Waals surface area contributed by atoms with Crippen LogP contribution in [0.15, 0.2) is 17.1 Å². The number of H-pyrrole nitrogens is 2. The van der Waals surface area contributed by atoms with E-state index >= 15 is 0 Å². The first-order valence-electron chi connectivity index (χ1n) is 8.17. The fourth-order valence-corrected chi connectivity index (χ4v) is 3.79. The van der Waals surface area contributed by atoms with Crippen LogP contribution in [-0.4, -0.2) is 39.1 Å². The molecule has 23 heavy (non-hydrogen) atoms. The van der Waals surface area contributed by atoms with Crippen LogP contribution in [0, 0.1) is 6.92 Å². The number of likely N-dealkylation sites (tertiary alicyclic amines) is 1. The zero-order valence-corrected chi connectivity index (χ0v) is 13.2. The quantitative estimate of drug-likeness (QED) is 0.882. The van der Waals surface area contributed by atoms with Gasteiger partial charge in [-0.15, -0.1) is 0 Å². The minimum atomic E-state index is -0.253. The second-order valence-corrected chi connectivity index (χ2v) is 6.57. The number of hydrogen-bond donors (Lipinski definition) is 2. The summed E-state index contributed by atoms with van der Waals surface area (Å²) in [5.74, 6) is 0.121. The van der Waals surface area contributed by atoms with E-state index in [0.29, 0.717) is 13.1 Å². The van der Waals surface area contributed by atoms with Gasteiger partial charge in [-0.3, -0.25) is 14.7 Å². The second-order valence-electron chi connectivity index (χ2n) is 6.57. The second kappa shape index (κ2) is 5.37. The number of fused-ring (bicyclic) bond motifs is 1. The van der Waals surface area contributed by atoms with Crippen molar-refractivity contribution in [2.24, 2.45) is 0 Å². The summed E-state index contributed by atoms with van der Waals surface area (Å²) in [4.78, 5) is 29.6. The van der Waals surface area contributed by atoms with E-state index in [1.807, 2.05) is 13.1 Å². The van der Waals surface area contributed by atoms with Gasteiger partial charge in [0.2, 0.25) is 0 Å². The maximum Gasteiger partial charge on any atom is 0.261 e. The lowest BCUT2D eigenvalue weighted by Gasteiger charge is -2.16. The summed E-state index contributed by atoms with van der Waals surface area (Å²) in [6.07, 6.45) is 5.61. The molecule has 2 N–H and O–H groups in total. The van der Waals surface area contributed by atoms with Gasteiger partial charge in [-0.25, -0.2) is 0 Å². The number of aryl methyl sites for hydroxylation is 3. The van der Waals surface area contributed by atoms with Gasteiger partial charge in [0.15, 0.2) is 0 Å². The van der Waals surface area contributed by atoms with Crippen LogP contribution in [0.25, 0.3) is 0 Å². The number of hydrogen-bond acceptors (Lipinski definition) is 3. The van der Waals surface area contributed by atoms with Crippen LogP contribution in [0.2, 0.25) is 0 Å². The number of pyridine rings is 1. The molecular weight excluding hydrogens is 292 g/mol. The predicted molar refractivity (Wildman–Crippen MR) is 85.7 cm³/mol. The maximum atomic E-state index is 12.7. The number of amides is 1. The Morgan fingerprint density at radius 1 is 1.39 bits per heavy atom. The van der Waals surface area contributed by atoms with Crippen molar-refractivity contribution in [3.63, 3.8) is 0 Å². The summed E-state index contributed by atoms with van der Waals surface area (Å²) in [6, 6.07) is 1.80. The molecule has 0 unspecified atom stereocenters. The van der Waals surface area contributed by atoms with Gasteiger partial charge in [-0.05, 0) is 49.8 Å². The lowest BCUT2D eigenvalue weighted by atomic mass is 10.0. The number of nitrogens with zero attached hydrogens (tertiary/aromatic N) is 2. The van der Waals surface area contributed by atoms with Crippen LogP contribution in [0.4, 0.5) is 0 Å². The van der Waals surface area contributed by atoms with Gasteiger partial charge in [-0.1, -0.05) is 0 Å². The Bertz CT molecular complexity index is 820. The Balaban J connectivity index is 1.57. The molecule has 2 aromatic rings. The molecule has 1 atom stereocenters. The van der Waals surface area contributed by atoms with E-state index in [1.165, 1.54) is 0 Å². The Morgan fingerprint density at radius 3 is 3.04 bits per heavy atom. The first-order valence-corrected chi connectivity index (χ1v) is 8.17. The molecule has 1 fully saturated rings.